The molecule has 0 spiro atoms. The number of aryl methyl sites for hydroxylation is 3. The van der Waals surface area contributed by atoms with Crippen LogP contribution in [-0.4, -0.2) is 4.57 Å². The summed E-state index contributed by atoms with van der Waals surface area (Å²) in [6, 6.07) is 59.2. The second-order valence-corrected chi connectivity index (χ2v) is 16.5. The quantitative estimate of drug-likeness (QED) is 0.0945. The summed E-state index contributed by atoms with van der Waals surface area (Å²) in [7, 11) is 0. The zero-order valence-electron chi connectivity index (χ0n) is 35.1. The van der Waals surface area contributed by atoms with Crippen LogP contribution in [0.4, 0.5) is 17.1 Å². The van der Waals surface area contributed by atoms with Gasteiger partial charge in [0.25, 0.3) is 0 Å². The van der Waals surface area contributed by atoms with Crippen molar-refractivity contribution in [2.24, 2.45) is 0 Å². The van der Waals surface area contributed by atoms with Crippen molar-refractivity contribution in [1.82, 2.24) is 4.57 Å². The van der Waals surface area contributed by atoms with Crippen molar-refractivity contribution in [1.29, 1.82) is 0 Å². The van der Waals surface area contributed by atoms with Crippen molar-refractivity contribution in [2.75, 3.05) is 4.90 Å². The molecule has 8 aromatic rings. The molecule has 0 saturated carbocycles. The van der Waals surface area contributed by atoms with E-state index in [1.165, 1.54) is 116 Å². The SMILES string of the molecule is CCCCCCCCc1ccc(-n2c3ccccc3c3ccc(-c4cc(C)cc(-c5ccc(N(c6ccc(C)cc6)c6ccc(C(C)CC)cc6)cc5)c4)cc32)cc1. The smallest absolute Gasteiger partial charge is 0.0547 e. The van der Waals surface area contributed by atoms with Gasteiger partial charge in [0.15, 0.2) is 0 Å². The monoisotopic (exact) mass is 758 g/mol. The molecule has 0 aliphatic carbocycles. The van der Waals surface area contributed by atoms with Crippen molar-refractivity contribution in [2.45, 2.75) is 91.9 Å². The molecular formula is C56H58N2. The van der Waals surface area contributed by atoms with Gasteiger partial charge in [-0.25, -0.2) is 0 Å². The fourth-order valence-electron chi connectivity index (χ4n) is 8.60. The molecule has 292 valence electrons. The standard InChI is InChI=1S/C56H58N2/c1-6-8-9-10-11-12-15-43-20-29-52(30-21-43)58-55-17-14-13-16-53(55)54-35-26-46(39-56(54)58)48-37-41(4)36-47(38-48)45-24-33-51(34-25-45)57(49-27-18-40(3)19-28-49)50-31-22-44(23-32-50)42(5)7-2/h13-14,16-39,42H,6-12,15H2,1-5H3. The molecule has 7 aromatic carbocycles. The average molecular weight is 759 g/mol. The predicted octanol–water partition coefficient (Wildman–Crippen LogP) is 16.6. The molecule has 58 heavy (non-hydrogen) atoms. The molecular weight excluding hydrogens is 701 g/mol. The molecule has 1 unspecified atom stereocenters. The molecule has 0 amide bonds. The van der Waals surface area contributed by atoms with Crippen LogP contribution in [0.1, 0.15) is 93.9 Å². The van der Waals surface area contributed by atoms with E-state index < -0.39 is 0 Å². The van der Waals surface area contributed by atoms with Gasteiger partial charge < -0.3 is 9.47 Å². The molecule has 0 N–H and O–H groups in total. The van der Waals surface area contributed by atoms with Crippen LogP contribution in [0.3, 0.4) is 0 Å². The van der Waals surface area contributed by atoms with E-state index >= 15 is 0 Å². The fourth-order valence-corrected chi connectivity index (χ4v) is 8.60. The number of para-hydroxylation sites is 1. The molecule has 2 nitrogen and oxygen atoms in total. The summed E-state index contributed by atoms with van der Waals surface area (Å²) in [5.41, 5.74) is 17.4. The molecule has 0 aliphatic heterocycles. The number of hydrogen-bond acceptors (Lipinski definition) is 1. The van der Waals surface area contributed by atoms with Crippen molar-refractivity contribution < 1.29 is 0 Å². The Bertz CT molecular complexity index is 2590. The second kappa shape index (κ2) is 17.7. The molecule has 2 heteroatoms. The topological polar surface area (TPSA) is 8.17 Å². The summed E-state index contributed by atoms with van der Waals surface area (Å²) in [5, 5.41) is 2.57. The first-order chi connectivity index (χ1) is 28.4. The van der Waals surface area contributed by atoms with Gasteiger partial charge in [0.1, 0.15) is 0 Å². The first kappa shape index (κ1) is 39.0. The van der Waals surface area contributed by atoms with E-state index in [0.29, 0.717) is 5.92 Å². The average Bonchev–Trinajstić information content (AvgIpc) is 3.59. The van der Waals surface area contributed by atoms with E-state index in [4.69, 9.17) is 0 Å². The highest BCUT2D eigenvalue weighted by molar-refractivity contribution is 6.10. The molecule has 0 aliphatic rings. The maximum Gasteiger partial charge on any atom is 0.0547 e. The van der Waals surface area contributed by atoms with E-state index in [1.807, 2.05) is 0 Å². The van der Waals surface area contributed by atoms with E-state index in [0.717, 1.165) is 24.2 Å². The van der Waals surface area contributed by atoms with Crippen LogP contribution in [-0.2, 0) is 6.42 Å². The number of hydrogen-bond donors (Lipinski definition) is 0. The van der Waals surface area contributed by atoms with Crippen molar-refractivity contribution >= 4 is 38.9 Å². The van der Waals surface area contributed by atoms with Crippen molar-refractivity contribution in [3.05, 3.63) is 180 Å². The Morgan fingerprint density at radius 2 is 1.07 bits per heavy atom. The minimum atomic E-state index is 0.546. The number of aromatic nitrogens is 1. The van der Waals surface area contributed by atoms with Gasteiger partial charge in [-0.15, -0.1) is 0 Å². The zero-order chi connectivity index (χ0) is 40.0. The Hall–Kier alpha value is -5.86. The summed E-state index contributed by atoms with van der Waals surface area (Å²) in [4.78, 5) is 2.36. The van der Waals surface area contributed by atoms with Gasteiger partial charge in [0, 0.05) is 33.5 Å². The Labute approximate surface area is 346 Å². The Kier molecular flexibility index (Phi) is 11.9. The summed E-state index contributed by atoms with van der Waals surface area (Å²) < 4.78 is 2.45. The molecule has 1 atom stereocenters. The van der Waals surface area contributed by atoms with Crippen LogP contribution in [0.25, 0.3) is 49.7 Å². The van der Waals surface area contributed by atoms with E-state index in [1.54, 1.807) is 0 Å². The summed E-state index contributed by atoms with van der Waals surface area (Å²) >= 11 is 0. The largest absolute Gasteiger partial charge is 0.311 e. The molecule has 0 fully saturated rings. The lowest BCUT2D eigenvalue weighted by atomic mass is 9.95. The molecule has 8 rings (SSSR count). The van der Waals surface area contributed by atoms with Gasteiger partial charge in [-0.1, -0.05) is 149 Å². The summed E-state index contributed by atoms with van der Waals surface area (Å²) in [6.07, 6.45) is 10.3. The maximum absolute atomic E-state index is 2.45. The zero-order valence-corrected chi connectivity index (χ0v) is 35.1. The highest BCUT2D eigenvalue weighted by atomic mass is 15.1. The first-order valence-corrected chi connectivity index (χ1v) is 21.7. The third-order valence-corrected chi connectivity index (χ3v) is 12.2. The fraction of sp³-hybridized carbons (Fsp3) is 0.250. The molecule has 1 heterocycles. The third-order valence-electron chi connectivity index (χ3n) is 12.2. The third kappa shape index (κ3) is 8.39. The number of benzene rings is 7. The summed E-state index contributed by atoms with van der Waals surface area (Å²) in [6.45, 7) is 11.2. The van der Waals surface area contributed by atoms with Crippen molar-refractivity contribution in [3.63, 3.8) is 0 Å². The lowest BCUT2D eigenvalue weighted by molar-refractivity contribution is 0.607. The van der Waals surface area contributed by atoms with Gasteiger partial charge in [0.2, 0.25) is 0 Å². The highest BCUT2D eigenvalue weighted by Crippen LogP contribution is 2.39. The molecule has 1 aromatic heterocycles. The minimum absolute atomic E-state index is 0.546. The van der Waals surface area contributed by atoms with Crippen LogP contribution < -0.4 is 4.90 Å². The Balaban J connectivity index is 1.10. The second-order valence-electron chi connectivity index (χ2n) is 16.5. The van der Waals surface area contributed by atoms with Crippen LogP contribution in [0.5, 0.6) is 0 Å². The van der Waals surface area contributed by atoms with E-state index in [-0.39, 0.29) is 0 Å². The highest BCUT2D eigenvalue weighted by Gasteiger charge is 2.16. The van der Waals surface area contributed by atoms with Gasteiger partial charge >= 0.3 is 0 Å². The number of unbranched alkanes of at least 4 members (excludes halogenated alkanes) is 5. The van der Waals surface area contributed by atoms with Crippen LogP contribution in [0, 0.1) is 13.8 Å². The first-order valence-electron chi connectivity index (χ1n) is 21.7. The lowest BCUT2D eigenvalue weighted by Crippen LogP contribution is -2.10. The molecule has 0 bridgehead atoms. The van der Waals surface area contributed by atoms with E-state index in [9.17, 15) is 0 Å². The number of anilines is 3. The van der Waals surface area contributed by atoms with Gasteiger partial charge in [-0.3, -0.25) is 0 Å². The predicted molar refractivity (Wildman–Crippen MR) is 252 cm³/mol. The number of nitrogens with zero attached hydrogens (tertiary/aromatic N) is 2. The van der Waals surface area contributed by atoms with E-state index in [2.05, 4.69) is 202 Å². The maximum atomic E-state index is 2.45. The normalized spacial score (nSPS) is 12.0. The Morgan fingerprint density at radius 1 is 0.483 bits per heavy atom. The Morgan fingerprint density at radius 3 is 1.76 bits per heavy atom. The lowest BCUT2D eigenvalue weighted by Gasteiger charge is -2.26. The van der Waals surface area contributed by atoms with Gasteiger partial charge in [0.05, 0.1) is 11.0 Å². The summed E-state index contributed by atoms with van der Waals surface area (Å²) in [5.74, 6) is 0.546. The molecule has 0 saturated heterocycles. The van der Waals surface area contributed by atoms with Gasteiger partial charge in [-0.2, -0.15) is 0 Å². The van der Waals surface area contributed by atoms with Crippen LogP contribution >= 0.6 is 0 Å². The van der Waals surface area contributed by atoms with Gasteiger partial charge in [-0.05, 0) is 145 Å². The van der Waals surface area contributed by atoms with Crippen LogP contribution in [0.2, 0.25) is 0 Å². The number of fused-ring (bicyclic) bond motifs is 3. The molecule has 0 radical (unpaired) electrons. The minimum Gasteiger partial charge on any atom is -0.311 e. The number of rotatable bonds is 15. The van der Waals surface area contributed by atoms with Crippen molar-refractivity contribution in [3.8, 4) is 27.9 Å². The van der Waals surface area contributed by atoms with Crippen LogP contribution in [0.15, 0.2) is 158 Å².